The highest BCUT2D eigenvalue weighted by atomic mass is 16.2. The van der Waals surface area contributed by atoms with Crippen molar-refractivity contribution in [1.29, 1.82) is 0 Å². The van der Waals surface area contributed by atoms with Crippen LogP contribution in [0.2, 0.25) is 0 Å². The summed E-state index contributed by atoms with van der Waals surface area (Å²) in [7, 11) is 0. The average molecular weight is 361 g/mol. The van der Waals surface area contributed by atoms with Gasteiger partial charge in [0, 0.05) is 41.5 Å². The van der Waals surface area contributed by atoms with Crippen molar-refractivity contribution >= 4 is 5.91 Å². The SMILES string of the molecule is O=C(c1n[nH]c2c1CCC2)N1CCC[C@H](c2[nH]ncc2-c2ccccc2)C1. The minimum absolute atomic E-state index is 0.0693. The summed E-state index contributed by atoms with van der Waals surface area (Å²) in [6, 6.07) is 10.3. The van der Waals surface area contributed by atoms with Crippen LogP contribution in [0, 0.1) is 0 Å². The molecule has 0 spiro atoms. The van der Waals surface area contributed by atoms with Gasteiger partial charge in [0.1, 0.15) is 0 Å². The molecule has 1 aliphatic heterocycles. The van der Waals surface area contributed by atoms with E-state index >= 15 is 0 Å². The van der Waals surface area contributed by atoms with Gasteiger partial charge in [0.15, 0.2) is 5.69 Å². The van der Waals surface area contributed by atoms with Gasteiger partial charge < -0.3 is 4.90 Å². The van der Waals surface area contributed by atoms with Gasteiger partial charge in [-0.1, -0.05) is 30.3 Å². The van der Waals surface area contributed by atoms with Gasteiger partial charge in [-0.25, -0.2) is 0 Å². The lowest BCUT2D eigenvalue weighted by Gasteiger charge is -2.32. The molecule has 1 atom stereocenters. The summed E-state index contributed by atoms with van der Waals surface area (Å²) < 4.78 is 0. The lowest BCUT2D eigenvalue weighted by molar-refractivity contribution is 0.0699. The van der Waals surface area contributed by atoms with Crippen LogP contribution in [0.5, 0.6) is 0 Å². The summed E-state index contributed by atoms with van der Waals surface area (Å²) in [6.07, 6.45) is 7.03. The standard InChI is InChI=1S/C21H23N5O/c27-21(20-16-9-4-10-18(16)23-25-20)26-11-5-8-15(13-26)19-17(12-22-24-19)14-6-2-1-3-7-14/h1-3,6-7,12,15H,4-5,8-11,13H2,(H,22,24)(H,23,25)/t15-/m0/s1. The number of aryl methyl sites for hydroxylation is 1. The summed E-state index contributed by atoms with van der Waals surface area (Å²) >= 11 is 0. The lowest BCUT2D eigenvalue weighted by atomic mass is 9.90. The van der Waals surface area contributed by atoms with Crippen molar-refractivity contribution in [1.82, 2.24) is 25.3 Å². The number of hydrogen-bond acceptors (Lipinski definition) is 3. The van der Waals surface area contributed by atoms with E-state index in [0.29, 0.717) is 12.2 Å². The van der Waals surface area contributed by atoms with Crippen molar-refractivity contribution < 1.29 is 4.79 Å². The molecule has 0 bridgehead atoms. The fourth-order valence-corrected chi connectivity index (χ4v) is 4.50. The predicted octanol–water partition coefficient (Wildman–Crippen LogP) is 3.31. The number of fused-ring (bicyclic) bond motifs is 1. The minimum Gasteiger partial charge on any atom is -0.337 e. The highest BCUT2D eigenvalue weighted by Gasteiger charge is 2.31. The summed E-state index contributed by atoms with van der Waals surface area (Å²) in [6.45, 7) is 1.51. The second kappa shape index (κ2) is 6.68. The second-order valence-corrected chi connectivity index (χ2v) is 7.54. The first-order chi connectivity index (χ1) is 13.3. The molecule has 3 heterocycles. The molecule has 0 unspecified atom stereocenters. The molecule has 0 saturated carbocycles. The maximum Gasteiger partial charge on any atom is 0.274 e. The summed E-state index contributed by atoms with van der Waals surface area (Å²) in [5.74, 6) is 0.340. The smallest absolute Gasteiger partial charge is 0.274 e. The highest BCUT2D eigenvalue weighted by Crippen LogP contribution is 2.34. The number of hydrogen-bond donors (Lipinski definition) is 2. The molecule has 1 aromatic carbocycles. The normalized spacial score (nSPS) is 19.3. The van der Waals surface area contributed by atoms with Crippen LogP contribution in [0.3, 0.4) is 0 Å². The third-order valence-corrected chi connectivity index (χ3v) is 5.88. The van der Waals surface area contributed by atoms with Gasteiger partial charge >= 0.3 is 0 Å². The largest absolute Gasteiger partial charge is 0.337 e. The predicted molar refractivity (Wildman–Crippen MR) is 103 cm³/mol. The maximum atomic E-state index is 13.1. The number of benzene rings is 1. The van der Waals surface area contributed by atoms with Gasteiger partial charge in [-0.2, -0.15) is 10.2 Å². The Morgan fingerprint density at radius 3 is 2.89 bits per heavy atom. The molecule has 1 amide bonds. The van der Waals surface area contributed by atoms with Crippen molar-refractivity contribution in [2.75, 3.05) is 13.1 Å². The van der Waals surface area contributed by atoms with Crippen LogP contribution in [-0.2, 0) is 12.8 Å². The van der Waals surface area contributed by atoms with Crippen molar-refractivity contribution in [3.63, 3.8) is 0 Å². The maximum absolute atomic E-state index is 13.1. The van der Waals surface area contributed by atoms with Crippen LogP contribution in [0.4, 0.5) is 0 Å². The quantitative estimate of drug-likeness (QED) is 0.751. The molecular formula is C21H23N5O. The Kier molecular flexibility index (Phi) is 4.03. The molecule has 27 heavy (non-hydrogen) atoms. The van der Waals surface area contributed by atoms with Gasteiger partial charge in [-0.15, -0.1) is 0 Å². The third kappa shape index (κ3) is 2.85. The molecule has 0 radical (unpaired) electrons. The number of nitrogens with zero attached hydrogens (tertiary/aromatic N) is 3. The zero-order chi connectivity index (χ0) is 18.2. The zero-order valence-electron chi connectivity index (χ0n) is 15.2. The number of likely N-dealkylation sites (tertiary alicyclic amines) is 1. The lowest BCUT2D eigenvalue weighted by Crippen LogP contribution is -2.39. The number of rotatable bonds is 3. The number of aromatic amines is 2. The Morgan fingerprint density at radius 1 is 1.11 bits per heavy atom. The van der Waals surface area contributed by atoms with Gasteiger partial charge in [-0.3, -0.25) is 15.0 Å². The molecule has 1 saturated heterocycles. The second-order valence-electron chi connectivity index (χ2n) is 7.54. The molecule has 2 aromatic heterocycles. The number of carbonyl (C=O) groups excluding carboxylic acids is 1. The van der Waals surface area contributed by atoms with Crippen molar-refractivity contribution in [2.24, 2.45) is 0 Å². The molecule has 5 rings (SSSR count). The number of amides is 1. The van der Waals surface area contributed by atoms with Crippen LogP contribution < -0.4 is 0 Å². The Morgan fingerprint density at radius 2 is 2.00 bits per heavy atom. The van der Waals surface area contributed by atoms with Gasteiger partial charge in [0.25, 0.3) is 5.91 Å². The molecule has 1 aliphatic carbocycles. The van der Waals surface area contributed by atoms with E-state index in [4.69, 9.17) is 0 Å². The van der Waals surface area contributed by atoms with Crippen molar-refractivity contribution in [3.8, 4) is 11.1 Å². The van der Waals surface area contributed by atoms with E-state index in [1.54, 1.807) is 0 Å². The number of H-pyrrole nitrogens is 2. The molecule has 2 N–H and O–H groups in total. The minimum atomic E-state index is 0.0693. The summed E-state index contributed by atoms with van der Waals surface area (Å²) in [4.78, 5) is 15.1. The zero-order valence-corrected chi connectivity index (χ0v) is 15.2. The molecule has 6 nitrogen and oxygen atoms in total. The van der Waals surface area contributed by atoms with Crippen molar-refractivity contribution in [2.45, 2.75) is 38.0 Å². The molecule has 1 fully saturated rings. The number of nitrogens with one attached hydrogen (secondary N) is 2. The van der Waals surface area contributed by atoms with Crippen LogP contribution in [-0.4, -0.2) is 44.3 Å². The fourth-order valence-electron chi connectivity index (χ4n) is 4.50. The van der Waals surface area contributed by atoms with E-state index in [9.17, 15) is 4.79 Å². The van der Waals surface area contributed by atoms with Gasteiger partial charge in [0.2, 0.25) is 0 Å². The Hall–Kier alpha value is -2.89. The third-order valence-electron chi connectivity index (χ3n) is 5.88. The number of aromatic nitrogens is 4. The Balaban J connectivity index is 1.39. The molecule has 6 heteroatoms. The molecule has 3 aromatic rings. The fraction of sp³-hybridized carbons (Fsp3) is 0.381. The van der Waals surface area contributed by atoms with E-state index in [2.05, 4.69) is 32.5 Å². The number of piperidine rings is 1. The molecule has 2 aliphatic rings. The summed E-state index contributed by atoms with van der Waals surface area (Å²) in [5.41, 5.74) is 6.34. The van der Waals surface area contributed by atoms with Crippen molar-refractivity contribution in [3.05, 3.63) is 59.2 Å². The van der Waals surface area contributed by atoms with Crippen LogP contribution in [0.15, 0.2) is 36.5 Å². The summed E-state index contributed by atoms with van der Waals surface area (Å²) in [5, 5.41) is 14.9. The molecule has 138 valence electrons. The van der Waals surface area contributed by atoms with E-state index in [1.165, 1.54) is 0 Å². The van der Waals surface area contributed by atoms with E-state index in [-0.39, 0.29) is 11.8 Å². The average Bonchev–Trinajstić information content (AvgIpc) is 3.45. The Labute approximate surface area is 158 Å². The Bertz CT molecular complexity index is 958. The highest BCUT2D eigenvalue weighted by molar-refractivity contribution is 5.94. The van der Waals surface area contributed by atoms with E-state index in [1.807, 2.05) is 29.3 Å². The van der Waals surface area contributed by atoms with Crippen LogP contribution in [0.1, 0.15) is 52.6 Å². The van der Waals surface area contributed by atoms with Crippen LogP contribution in [0.25, 0.3) is 11.1 Å². The topological polar surface area (TPSA) is 77.7 Å². The van der Waals surface area contributed by atoms with Crippen LogP contribution >= 0.6 is 0 Å². The van der Waals surface area contributed by atoms with E-state index < -0.39 is 0 Å². The first-order valence-corrected chi connectivity index (χ1v) is 9.75. The first-order valence-electron chi connectivity index (χ1n) is 9.75. The first kappa shape index (κ1) is 16.3. The molecular weight excluding hydrogens is 338 g/mol. The van der Waals surface area contributed by atoms with E-state index in [0.717, 1.165) is 66.7 Å². The number of carbonyl (C=O) groups is 1. The monoisotopic (exact) mass is 361 g/mol. The van der Waals surface area contributed by atoms with Gasteiger partial charge in [0.05, 0.1) is 6.20 Å². The van der Waals surface area contributed by atoms with Gasteiger partial charge in [-0.05, 0) is 37.7 Å².